The van der Waals surface area contributed by atoms with E-state index in [1.165, 1.54) is 32.1 Å². The highest BCUT2D eigenvalue weighted by Gasteiger charge is 2.48. The highest BCUT2D eigenvalue weighted by Crippen LogP contribution is 2.53. The highest BCUT2D eigenvalue weighted by atomic mass is 79.9. The van der Waals surface area contributed by atoms with Crippen LogP contribution >= 0.6 is 15.9 Å². The molecule has 0 spiro atoms. The van der Waals surface area contributed by atoms with Crippen molar-refractivity contribution in [2.24, 2.45) is 23.7 Å². The molecule has 25 heavy (non-hydrogen) atoms. The number of rotatable bonds is 3. The molecule has 0 saturated heterocycles. The molecule has 1 heterocycles. The SMILES string of the molecule is O=C(Cc1cc2c(cc1Br)OCCO2)NC1C2CC3CC(C2)CC1C3. The van der Waals surface area contributed by atoms with Gasteiger partial charge in [-0.25, -0.2) is 0 Å². The summed E-state index contributed by atoms with van der Waals surface area (Å²) in [6, 6.07) is 4.26. The molecule has 1 aromatic carbocycles. The molecule has 1 N–H and O–H groups in total. The number of amides is 1. The van der Waals surface area contributed by atoms with Crippen molar-refractivity contribution >= 4 is 21.8 Å². The summed E-state index contributed by atoms with van der Waals surface area (Å²) in [5.74, 6) is 4.92. The summed E-state index contributed by atoms with van der Waals surface area (Å²) in [6.45, 7) is 1.14. The van der Waals surface area contributed by atoms with Crippen molar-refractivity contribution in [2.45, 2.75) is 44.6 Å². The summed E-state index contributed by atoms with van der Waals surface area (Å²) in [5.41, 5.74) is 0.963. The zero-order valence-corrected chi connectivity index (χ0v) is 15.9. The molecule has 1 amide bonds. The molecule has 6 rings (SSSR count). The Bertz CT molecular complexity index is 676. The van der Waals surface area contributed by atoms with Crippen LogP contribution in [-0.2, 0) is 11.2 Å². The molecule has 4 saturated carbocycles. The van der Waals surface area contributed by atoms with E-state index in [9.17, 15) is 4.79 Å². The van der Waals surface area contributed by atoms with Crippen LogP contribution in [0.25, 0.3) is 0 Å². The number of halogens is 1. The fraction of sp³-hybridized carbons (Fsp3) is 0.650. The van der Waals surface area contributed by atoms with E-state index in [1.54, 1.807) is 0 Å². The van der Waals surface area contributed by atoms with Crippen LogP contribution in [0, 0.1) is 23.7 Å². The minimum absolute atomic E-state index is 0.134. The molecule has 0 unspecified atom stereocenters. The fourth-order valence-electron chi connectivity index (χ4n) is 5.81. The van der Waals surface area contributed by atoms with E-state index in [4.69, 9.17) is 9.47 Å². The second-order valence-electron chi connectivity index (χ2n) is 8.29. The van der Waals surface area contributed by atoms with Gasteiger partial charge in [0.2, 0.25) is 5.91 Å². The topological polar surface area (TPSA) is 47.6 Å². The van der Waals surface area contributed by atoms with Gasteiger partial charge in [-0.05, 0) is 73.5 Å². The van der Waals surface area contributed by atoms with Crippen molar-refractivity contribution in [3.8, 4) is 11.5 Å². The number of hydrogen-bond acceptors (Lipinski definition) is 3. The lowest BCUT2D eigenvalue weighted by Crippen LogP contribution is -2.56. The lowest BCUT2D eigenvalue weighted by molar-refractivity contribution is -0.124. The molecule has 5 aliphatic rings. The molecule has 4 aliphatic carbocycles. The van der Waals surface area contributed by atoms with Gasteiger partial charge in [-0.2, -0.15) is 0 Å². The largest absolute Gasteiger partial charge is 0.486 e. The third-order valence-corrected chi connectivity index (χ3v) is 7.35. The Hall–Kier alpha value is -1.23. The van der Waals surface area contributed by atoms with E-state index >= 15 is 0 Å². The van der Waals surface area contributed by atoms with Gasteiger partial charge in [-0.15, -0.1) is 0 Å². The van der Waals surface area contributed by atoms with Crippen LogP contribution in [0.2, 0.25) is 0 Å². The van der Waals surface area contributed by atoms with Gasteiger partial charge in [0.1, 0.15) is 13.2 Å². The summed E-state index contributed by atoms with van der Waals surface area (Å²) in [5, 5.41) is 3.39. The minimum atomic E-state index is 0.134. The van der Waals surface area contributed by atoms with Gasteiger partial charge in [0.15, 0.2) is 11.5 Å². The number of nitrogens with one attached hydrogen (secondary N) is 1. The van der Waals surface area contributed by atoms with Crippen LogP contribution in [0.1, 0.15) is 37.7 Å². The summed E-state index contributed by atoms with van der Waals surface area (Å²) in [7, 11) is 0. The molecule has 4 nitrogen and oxygen atoms in total. The maximum Gasteiger partial charge on any atom is 0.224 e. The van der Waals surface area contributed by atoms with Crippen molar-refractivity contribution in [2.75, 3.05) is 13.2 Å². The second kappa shape index (κ2) is 6.19. The van der Waals surface area contributed by atoms with Crippen LogP contribution in [0.5, 0.6) is 11.5 Å². The molecule has 0 radical (unpaired) electrons. The van der Waals surface area contributed by atoms with E-state index < -0.39 is 0 Å². The first-order valence-corrected chi connectivity index (χ1v) is 10.3. The Morgan fingerprint density at radius 3 is 2.24 bits per heavy atom. The van der Waals surface area contributed by atoms with Gasteiger partial charge < -0.3 is 14.8 Å². The Morgan fingerprint density at radius 1 is 1.00 bits per heavy atom. The lowest BCUT2D eigenvalue weighted by Gasteiger charge is -2.54. The molecule has 4 fully saturated rings. The second-order valence-corrected chi connectivity index (χ2v) is 9.14. The summed E-state index contributed by atoms with van der Waals surface area (Å²) < 4.78 is 12.2. The predicted molar refractivity (Wildman–Crippen MR) is 97.8 cm³/mol. The van der Waals surface area contributed by atoms with E-state index in [0.717, 1.165) is 33.4 Å². The lowest BCUT2D eigenvalue weighted by atomic mass is 9.54. The van der Waals surface area contributed by atoms with Crippen molar-refractivity contribution in [1.29, 1.82) is 0 Å². The maximum atomic E-state index is 12.7. The molecular formula is C20H24BrNO3. The Balaban J connectivity index is 1.28. The quantitative estimate of drug-likeness (QED) is 0.833. The molecule has 0 atom stereocenters. The molecule has 0 aromatic heterocycles. The van der Waals surface area contributed by atoms with Crippen molar-refractivity contribution in [3.63, 3.8) is 0 Å². The number of ether oxygens (including phenoxy) is 2. The number of benzene rings is 1. The van der Waals surface area contributed by atoms with Gasteiger partial charge in [0, 0.05) is 10.5 Å². The van der Waals surface area contributed by atoms with Crippen LogP contribution in [-0.4, -0.2) is 25.2 Å². The maximum absolute atomic E-state index is 12.7. The number of carbonyl (C=O) groups excluding carboxylic acids is 1. The Morgan fingerprint density at radius 2 is 1.60 bits per heavy atom. The minimum Gasteiger partial charge on any atom is -0.486 e. The third-order valence-electron chi connectivity index (χ3n) is 6.62. The fourth-order valence-corrected chi connectivity index (χ4v) is 6.27. The van der Waals surface area contributed by atoms with Gasteiger partial charge in [0.05, 0.1) is 6.42 Å². The van der Waals surface area contributed by atoms with Crippen LogP contribution in [0.4, 0.5) is 0 Å². The van der Waals surface area contributed by atoms with Crippen LogP contribution in [0.15, 0.2) is 16.6 Å². The van der Waals surface area contributed by atoms with E-state index in [1.807, 2.05) is 12.1 Å². The Kier molecular flexibility index (Phi) is 3.95. The van der Waals surface area contributed by atoms with Gasteiger partial charge in [0.25, 0.3) is 0 Å². The van der Waals surface area contributed by atoms with E-state index in [2.05, 4.69) is 21.2 Å². The van der Waals surface area contributed by atoms with Crippen molar-refractivity contribution in [3.05, 3.63) is 22.2 Å². The van der Waals surface area contributed by atoms with Crippen LogP contribution in [0.3, 0.4) is 0 Å². The van der Waals surface area contributed by atoms with Crippen molar-refractivity contribution in [1.82, 2.24) is 5.32 Å². The first kappa shape index (κ1) is 16.0. The first-order chi connectivity index (χ1) is 12.2. The molecule has 134 valence electrons. The molecule has 4 bridgehead atoms. The predicted octanol–water partition coefficient (Wildman–Crippen LogP) is 3.70. The molecule has 5 heteroatoms. The first-order valence-electron chi connectivity index (χ1n) is 9.53. The standard InChI is InChI=1S/C20H24BrNO3/c21-16-10-18-17(24-1-2-25-18)8-13(16)9-19(23)22-20-14-4-11-3-12(6-14)7-15(20)5-11/h8,10-12,14-15,20H,1-7,9H2,(H,22,23). The van der Waals surface area contributed by atoms with Gasteiger partial charge in [-0.1, -0.05) is 15.9 Å². The normalized spacial score (nSPS) is 34.8. The van der Waals surface area contributed by atoms with E-state index in [-0.39, 0.29) is 5.91 Å². The summed E-state index contributed by atoms with van der Waals surface area (Å²) in [6.07, 6.45) is 7.13. The number of carbonyl (C=O) groups is 1. The smallest absolute Gasteiger partial charge is 0.224 e. The number of fused-ring (bicyclic) bond motifs is 1. The summed E-state index contributed by atoms with van der Waals surface area (Å²) >= 11 is 3.58. The zero-order valence-electron chi connectivity index (χ0n) is 14.3. The average Bonchev–Trinajstić information content (AvgIpc) is 2.58. The van der Waals surface area contributed by atoms with Gasteiger partial charge in [-0.3, -0.25) is 4.79 Å². The monoisotopic (exact) mass is 405 g/mol. The Labute approximate surface area is 156 Å². The zero-order chi connectivity index (χ0) is 17.0. The molecule has 1 aliphatic heterocycles. The molecular weight excluding hydrogens is 382 g/mol. The number of hydrogen-bond donors (Lipinski definition) is 1. The average molecular weight is 406 g/mol. The van der Waals surface area contributed by atoms with Crippen LogP contribution < -0.4 is 14.8 Å². The van der Waals surface area contributed by atoms with Gasteiger partial charge >= 0.3 is 0 Å². The third kappa shape index (κ3) is 2.94. The molecule has 1 aromatic rings. The van der Waals surface area contributed by atoms with E-state index in [0.29, 0.717) is 37.5 Å². The van der Waals surface area contributed by atoms with Crippen molar-refractivity contribution < 1.29 is 14.3 Å². The summed E-state index contributed by atoms with van der Waals surface area (Å²) in [4.78, 5) is 12.7. The highest BCUT2D eigenvalue weighted by molar-refractivity contribution is 9.10.